The number of hydrogen-bond donors (Lipinski definition) is 2. The Morgan fingerprint density at radius 2 is 2.07 bits per heavy atom. The molecule has 1 saturated heterocycles. The Morgan fingerprint density at radius 3 is 2.89 bits per heavy atom. The highest BCUT2D eigenvalue weighted by Gasteiger charge is 2.19. The zero-order valence-electron chi connectivity index (χ0n) is 14.0. The number of thiazole rings is 1. The summed E-state index contributed by atoms with van der Waals surface area (Å²) in [5, 5.41) is 3.81. The van der Waals surface area contributed by atoms with Crippen molar-refractivity contribution in [2.24, 2.45) is 0 Å². The second-order valence-corrected chi connectivity index (χ2v) is 8.10. The molecule has 1 amide bonds. The van der Waals surface area contributed by atoms with Gasteiger partial charge in [0, 0.05) is 24.8 Å². The van der Waals surface area contributed by atoms with Crippen molar-refractivity contribution >= 4 is 60.0 Å². The van der Waals surface area contributed by atoms with E-state index < -0.39 is 5.76 Å². The SMILES string of the molecule is O=C(Nc1ccc2[nH]c(=O)oc2c1)c1cc2sc(N3CCOCC3)nc2s1. The molecule has 0 unspecified atom stereocenters. The molecule has 8 nitrogen and oxygen atoms in total. The van der Waals surface area contributed by atoms with Gasteiger partial charge in [0.1, 0.15) is 4.83 Å². The Labute approximate surface area is 160 Å². The largest absolute Gasteiger partial charge is 0.417 e. The van der Waals surface area contributed by atoms with Crippen LogP contribution in [-0.4, -0.2) is 42.2 Å². The summed E-state index contributed by atoms with van der Waals surface area (Å²) < 4.78 is 11.4. The van der Waals surface area contributed by atoms with Gasteiger partial charge in [-0.3, -0.25) is 9.78 Å². The minimum atomic E-state index is -0.519. The van der Waals surface area contributed by atoms with E-state index in [1.807, 2.05) is 6.07 Å². The number of rotatable bonds is 3. The first-order valence-electron chi connectivity index (χ1n) is 8.33. The number of nitrogens with zero attached hydrogens (tertiary/aromatic N) is 2. The summed E-state index contributed by atoms with van der Waals surface area (Å²) >= 11 is 2.96. The number of thiophene rings is 1. The molecule has 0 aliphatic carbocycles. The van der Waals surface area contributed by atoms with Crippen molar-refractivity contribution in [2.45, 2.75) is 0 Å². The molecule has 1 aromatic carbocycles. The van der Waals surface area contributed by atoms with Crippen LogP contribution in [0, 0.1) is 0 Å². The summed E-state index contributed by atoms with van der Waals surface area (Å²) in [5.74, 6) is -0.732. The molecule has 2 N–H and O–H groups in total. The number of H-pyrrole nitrogens is 1. The molecule has 27 heavy (non-hydrogen) atoms. The number of nitrogens with one attached hydrogen (secondary N) is 2. The number of aromatic amines is 1. The number of benzene rings is 1. The molecule has 0 saturated carbocycles. The van der Waals surface area contributed by atoms with Crippen LogP contribution in [0.15, 0.2) is 33.5 Å². The number of amides is 1. The smallest absolute Gasteiger partial charge is 0.408 e. The molecule has 1 fully saturated rings. The lowest BCUT2D eigenvalue weighted by Gasteiger charge is -2.25. The van der Waals surface area contributed by atoms with Crippen molar-refractivity contribution < 1.29 is 13.9 Å². The number of morpholine rings is 1. The lowest BCUT2D eigenvalue weighted by atomic mass is 10.3. The van der Waals surface area contributed by atoms with E-state index in [0.717, 1.165) is 27.8 Å². The molecule has 3 aromatic heterocycles. The van der Waals surface area contributed by atoms with E-state index in [-0.39, 0.29) is 5.91 Å². The number of fused-ring (bicyclic) bond motifs is 2. The third-order valence-electron chi connectivity index (χ3n) is 4.26. The fraction of sp³-hybridized carbons (Fsp3) is 0.235. The minimum absolute atomic E-state index is 0.213. The predicted molar refractivity (Wildman–Crippen MR) is 105 cm³/mol. The van der Waals surface area contributed by atoms with Crippen molar-refractivity contribution in [2.75, 3.05) is 36.5 Å². The summed E-state index contributed by atoms with van der Waals surface area (Å²) in [6.07, 6.45) is 0. The fourth-order valence-electron chi connectivity index (χ4n) is 2.94. The normalized spacial score (nSPS) is 14.9. The average molecular weight is 402 g/mol. The molecule has 5 rings (SSSR count). The van der Waals surface area contributed by atoms with E-state index in [4.69, 9.17) is 9.15 Å². The molecule has 4 heterocycles. The maximum atomic E-state index is 12.6. The van der Waals surface area contributed by atoms with Gasteiger partial charge in [0.15, 0.2) is 10.7 Å². The zero-order valence-corrected chi connectivity index (χ0v) is 15.6. The van der Waals surface area contributed by atoms with Crippen molar-refractivity contribution in [1.82, 2.24) is 9.97 Å². The third-order valence-corrected chi connectivity index (χ3v) is 6.48. The Balaban J connectivity index is 1.36. The first-order valence-corrected chi connectivity index (χ1v) is 9.96. The van der Waals surface area contributed by atoms with Gasteiger partial charge in [-0.1, -0.05) is 11.3 Å². The van der Waals surface area contributed by atoms with Crippen LogP contribution >= 0.6 is 22.7 Å². The standard InChI is InChI=1S/C17H14N4O4S2/c22-14(18-9-1-2-10-11(7-9)25-17(23)19-10)12-8-13-15(26-12)20-16(27-13)21-3-5-24-6-4-21/h1-2,7-8H,3-6H2,(H,18,22)(H,19,23). The maximum absolute atomic E-state index is 12.6. The quantitative estimate of drug-likeness (QED) is 0.547. The molecule has 0 atom stereocenters. The molecular formula is C17H14N4O4S2. The number of oxazole rings is 1. The summed E-state index contributed by atoms with van der Waals surface area (Å²) in [4.78, 5) is 34.7. The van der Waals surface area contributed by atoms with Gasteiger partial charge in [0.2, 0.25) is 0 Å². The molecule has 4 aromatic rings. The van der Waals surface area contributed by atoms with Crippen LogP contribution < -0.4 is 16.0 Å². The number of hydrogen-bond acceptors (Lipinski definition) is 8. The van der Waals surface area contributed by atoms with Gasteiger partial charge in [-0.05, 0) is 18.2 Å². The average Bonchev–Trinajstić information content (AvgIpc) is 3.33. The van der Waals surface area contributed by atoms with Crippen LogP contribution in [-0.2, 0) is 4.74 Å². The second kappa shape index (κ2) is 6.48. The Kier molecular flexibility index (Phi) is 3.96. The number of ether oxygens (including phenoxy) is 1. The van der Waals surface area contributed by atoms with E-state index >= 15 is 0 Å². The summed E-state index contributed by atoms with van der Waals surface area (Å²) in [6.45, 7) is 3.11. The maximum Gasteiger partial charge on any atom is 0.417 e. The topological polar surface area (TPSA) is 100 Å². The van der Waals surface area contributed by atoms with E-state index in [0.29, 0.717) is 34.9 Å². The van der Waals surface area contributed by atoms with Gasteiger partial charge in [-0.25, -0.2) is 9.78 Å². The molecule has 1 aliphatic rings. The van der Waals surface area contributed by atoms with E-state index in [9.17, 15) is 9.59 Å². The van der Waals surface area contributed by atoms with Crippen molar-refractivity contribution in [3.8, 4) is 0 Å². The van der Waals surface area contributed by atoms with Crippen LogP contribution in [0.5, 0.6) is 0 Å². The van der Waals surface area contributed by atoms with Crippen LogP contribution in [0.25, 0.3) is 20.6 Å². The first-order chi connectivity index (χ1) is 13.2. The Morgan fingerprint density at radius 1 is 1.22 bits per heavy atom. The van der Waals surface area contributed by atoms with Crippen LogP contribution in [0.2, 0.25) is 0 Å². The van der Waals surface area contributed by atoms with E-state index in [1.165, 1.54) is 11.3 Å². The number of aromatic nitrogens is 2. The Bertz CT molecular complexity index is 1170. The number of carbonyl (C=O) groups excluding carboxylic acids is 1. The van der Waals surface area contributed by atoms with E-state index in [1.54, 1.807) is 29.5 Å². The van der Waals surface area contributed by atoms with Crippen molar-refractivity contribution in [3.05, 3.63) is 39.7 Å². The van der Waals surface area contributed by atoms with Crippen LogP contribution in [0.1, 0.15) is 9.67 Å². The fourth-order valence-corrected chi connectivity index (χ4v) is 5.10. The minimum Gasteiger partial charge on any atom is -0.408 e. The summed E-state index contributed by atoms with van der Waals surface area (Å²) in [7, 11) is 0. The van der Waals surface area contributed by atoms with Gasteiger partial charge in [0.05, 0.1) is 28.3 Å². The monoisotopic (exact) mass is 402 g/mol. The predicted octanol–water partition coefficient (Wildman–Crippen LogP) is 2.88. The Hall–Kier alpha value is -2.69. The highest BCUT2D eigenvalue weighted by atomic mass is 32.1. The molecule has 1 aliphatic heterocycles. The molecular weight excluding hydrogens is 388 g/mol. The van der Waals surface area contributed by atoms with Crippen molar-refractivity contribution in [3.63, 3.8) is 0 Å². The first kappa shape index (κ1) is 16.5. The second-order valence-electron chi connectivity index (χ2n) is 6.06. The number of anilines is 2. The number of carbonyl (C=O) groups is 1. The van der Waals surface area contributed by atoms with Crippen molar-refractivity contribution in [1.29, 1.82) is 0 Å². The lowest BCUT2D eigenvalue weighted by molar-refractivity contribution is 0.103. The van der Waals surface area contributed by atoms with Crippen LogP contribution in [0.4, 0.5) is 10.8 Å². The molecule has 0 spiro atoms. The molecule has 0 radical (unpaired) electrons. The molecule has 10 heteroatoms. The molecule has 138 valence electrons. The third kappa shape index (κ3) is 3.11. The highest BCUT2D eigenvalue weighted by Crippen LogP contribution is 2.35. The van der Waals surface area contributed by atoms with Gasteiger partial charge in [0.25, 0.3) is 5.91 Å². The molecule has 0 bridgehead atoms. The summed E-state index contributed by atoms with van der Waals surface area (Å²) in [5.41, 5.74) is 1.56. The van der Waals surface area contributed by atoms with Gasteiger partial charge in [-0.2, -0.15) is 0 Å². The van der Waals surface area contributed by atoms with Gasteiger partial charge < -0.3 is 19.4 Å². The van der Waals surface area contributed by atoms with Gasteiger partial charge in [-0.15, -0.1) is 11.3 Å². The van der Waals surface area contributed by atoms with E-state index in [2.05, 4.69) is 20.2 Å². The lowest BCUT2D eigenvalue weighted by Crippen LogP contribution is -2.36. The highest BCUT2D eigenvalue weighted by molar-refractivity contribution is 7.29. The van der Waals surface area contributed by atoms with Crippen LogP contribution in [0.3, 0.4) is 0 Å². The van der Waals surface area contributed by atoms with Gasteiger partial charge >= 0.3 is 5.76 Å². The zero-order chi connectivity index (χ0) is 18.4. The summed E-state index contributed by atoms with van der Waals surface area (Å²) in [6, 6.07) is 6.90.